The van der Waals surface area contributed by atoms with Crippen molar-refractivity contribution >= 4 is 34.5 Å². The number of nitrogens with one attached hydrogen (secondary N) is 1. The quantitative estimate of drug-likeness (QED) is 0.712. The lowest BCUT2D eigenvalue weighted by atomic mass is 10.1. The number of carbonyl (C=O) groups is 1. The lowest BCUT2D eigenvalue weighted by Crippen LogP contribution is -2.29. The normalized spacial score (nSPS) is 11.2. The SMILES string of the molecule is Cn1cc(C(=O)NCc2ccc(Cl)cc2)c(=O)c2cc(C=CCO)ccc21. The van der Waals surface area contributed by atoms with Crippen LogP contribution in [0.4, 0.5) is 0 Å². The summed E-state index contributed by atoms with van der Waals surface area (Å²) in [6.07, 6.45) is 4.87. The molecule has 6 heteroatoms. The molecule has 2 aromatic carbocycles. The summed E-state index contributed by atoms with van der Waals surface area (Å²) in [4.78, 5) is 25.4. The van der Waals surface area contributed by atoms with Crippen LogP contribution in [0.2, 0.25) is 5.02 Å². The molecule has 138 valence electrons. The van der Waals surface area contributed by atoms with E-state index in [1.807, 2.05) is 24.3 Å². The number of hydrogen-bond donors (Lipinski definition) is 2. The Morgan fingerprint density at radius 1 is 1.22 bits per heavy atom. The van der Waals surface area contributed by atoms with Gasteiger partial charge in [-0.05, 0) is 35.4 Å². The van der Waals surface area contributed by atoms with Gasteiger partial charge < -0.3 is 15.0 Å². The lowest BCUT2D eigenvalue weighted by Gasteiger charge is -2.10. The van der Waals surface area contributed by atoms with E-state index in [1.54, 1.807) is 48.2 Å². The van der Waals surface area contributed by atoms with E-state index < -0.39 is 5.91 Å². The molecule has 3 rings (SSSR count). The number of hydrogen-bond acceptors (Lipinski definition) is 3. The number of halogens is 1. The number of aromatic nitrogens is 1. The van der Waals surface area contributed by atoms with Crippen molar-refractivity contribution in [3.05, 3.63) is 86.7 Å². The van der Waals surface area contributed by atoms with Crippen LogP contribution < -0.4 is 10.7 Å². The van der Waals surface area contributed by atoms with E-state index in [2.05, 4.69) is 5.32 Å². The molecule has 0 aliphatic carbocycles. The maximum Gasteiger partial charge on any atom is 0.257 e. The van der Waals surface area contributed by atoms with Crippen molar-refractivity contribution in [3.63, 3.8) is 0 Å². The summed E-state index contributed by atoms with van der Waals surface area (Å²) in [6.45, 7) is 0.222. The molecule has 0 atom stereocenters. The number of aliphatic hydroxyl groups is 1. The molecule has 0 bridgehead atoms. The maximum atomic E-state index is 12.8. The first-order chi connectivity index (χ1) is 13.0. The van der Waals surface area contributed by atoms with E-state index in [1.165, 1.54) is 0 Å². The van der Waals surface area contributed by atoms with Crippen molar-refractivity contribution in [3.8, 4) is 0 Å². The first kappa shape index (κ1) is 18.9. The average molecular weight is 383 g/mol. The van der Waals surface area contributed by atoms with Gasteiger partial charge in [0, 0.05) is 30.2 Å². The summed E-state index contributed by atoms with van der Waals surface area (Å²) < 4.78 is 1.76. The molecule has 5 nitrogen and oxygen atoms in total. The lowest BCUT2D eigenvalue weighted by molar-refractivity contribution is 0.0949. The Morgan fingerprint density at radius 3 is 2.67 bits per heavy atom. The van der Waals surface area contributed by atoms with Gasteiger partial charge in [-0.15, -0.1) is 0 Å². The number of aliphatic hydroxyl groups excluding tert-OH is 1. The van der Waals surface area contributed by atoms with Crippen molar-refractivity contribution in [2.75, 3.05) is 6.61 Å². The number of nitrogens with zero attached hydrogens (tertiary/aromatic N) is 1. The number of aryl methyl sites for hydroxylation is 1. The van der Waals surface area contributed by atoms with Gasteiger partial charge in [0.1, 0.15) is 5.56 Å². The molecule has 3 aromatic rings. The van der Waals surface area contributed by atoms with Crippen LogP contribution in [0.1, 0.15) is 21.5 Å². The smallest absolute Gasteiger partial charge is 0.257 e. The topological polar surface area (TPSA) is 71.3 Å². The Morgan fingerprint density at radius 2 is 1.96 bits per heavy atom. The summed E-state index contributed by atoms with van der Waals surface area (Å²) in [6, 6.07) is 12.5. The zero-order valence-electron chi connectivity index (χ0n) is 14.8. The average Bonchev–Trinajstić information content (AvgIpc) is 2.68. The monoisotopic (exact) mass is 382 g/mol. The van der Waals surface area contributed by atoms with E-state index >= 15 is 0 Å². The number of fused-ring (bicyclic) bond motifs is 1. The second kappa shape index (κ2) is 8.20. The van der Waals surface area contributed by atoms with E-state index in [4.69, 9.17) is 16.7 Å². The van der Waals surface area contributed by atoms with Crippen LogP contribution in [0.3, 0.4) is 0 Å². The Bertz CT molecular complexity index is 1070. The fourth-order valence-corrected chi connectivity index (χ4v) is 2.97. The molecule has 0 aliphatic heterocycles. The largest absolute Gasteiger partial charge is 0.392 e. The van der Waals surface area contributed by atoms with Crippen LogP contribution in [-0.4, -0.2) is 22.2 Å². The predicted molar refractivity (Wildman–Crippen MR) is 108 cm³/mol. The van der Waals surface area contributed by atoms with Gasteiger partial charge in [-0.3, -0.25) is 9.59 Å². The third-order valence-electron chi connectivity index (χ3n) is 4.24. The highest BCUT2D eigenvalue weighted by Gasteiger charge is 2.14. The highest BCUT2D eigenvalue weighted by molar-refractivity contribution is 6.30. The minimum Gasteiger partial charge on any atom is -0.392 e. The van der Waals surface area contributed by atoms with Crippen LogP contribution in [-0.2, 0) is 13.6 Å². The Labute approximate surface area is 161 Å². The fraction of sp³-hybridized carbons (Fsp3) is 0.143. The van der Waals surface area contributed by atoms with E-state index in [0.29, 0.717) is 17.0 Å². The van der Waals surface area contributed by atoms with Crippen molar-refractivity contribution in [2.24, 2.45) is 7.05 Å². The highest BCUT2D eigenvalue weighted by atomic mass is 35.5. The number of rotatable bonds is 5. The number of pyridine rings is 1. The van der Waals surface area contributed by atoms with Gasteiger partial charge in [-0.2, -0.15) is 0 Å². The highest BCUT2D eigenvalue weighted by Crippen LogP contribution is 2.15. The second-order valence-electron chi connectivity index (χ2n) is 6.15. The first-order valence-electron chi connectivity index (χ1n) is 8.43. The minimum atomic E-state index is -0.427. The van der Waals surface area contributed by atoms with E-state index in [-0.39, 0.29) is 17.6 Å². The molecular formula is C21H19ClN2O3. The molecule has 0 fully saturated rings. The molecule has 2 N–H and O–H groups in total. The van der Waals surface area contributed by atoms with Crippen LogP contribution in [0.15, 0.2) is 59.5 Å². The van der Waals surface area contributed by atoms with Gasteiger partial charge >= 0.3 is 0 Å². The minimum absolute atomic E-state index is 0.0802. The Kier molecular flexibility index (Phi) is 5.74. The first-order valence-corrected chi connectivity index (χ1v) is 8.81. The molecule has 0 saturated heterocycles. The predicted octanol–water partition coefficient (Wildman–Crippen LogP) is 3.13. The molecular weight excluding hydrogens is 364 g/mol. The number of amides is 1. The zero-order valence-corrected chi connectivity index (χ0v) is 15.5. The Hall–Kier alpha value is -2.89. The Balaban J connectivity index is 1.92. The standard InChI is InChI=1S/C21H19ClN2O3/c1-24-13-18(21(27)23-12-15-4-7-16(22)8-5-15)20(26)17-11-14(3-2-10-25)6-9-19(17)24/h2-9,11,13,25H,10,12H2,1H3,(H,23,27). The number of benzene rings is 2. The third kappa shape index (κ3) is 4.27. The molecule has 0 unspecified atom stereocenters. The molecule has 1 heterocycles. The third-order valence-corrected chi connectivity index (χ3v) is 4.49. The zero-order chi connectivity index (χ0) is 19.4. The van der Waals surface area contributed by atoms with Crippen molar-refractivity contribution < 1.29 is 9.90 Å². The van der Waals surface area contributed by atoms with Crippen molar-refractivity contribution in [1.29, 1.82) is 0 Å². The molecule has 1 aromatic heterocycles. The number of carbonyl (C=O) groups excluding carboxylic acids is 1. The summed E-state index contributed by atoms with van der Waals surface area (Å²) in [7, 11) is 1.79. The fourth-order valence-electron chi connectivity index (χ4n) is 2.84. The van der Waals surface area contributed by atoms with Gasteiger partial charge in [0.2, 0.25) is 5.43 Å². The summed E-state index contributed by atoms with van der Waals surface area (Å²) in [5.74, 6) is -0.427. The van der Waals surface area contributed by atoms with E-state index in [0.717, 1.165) is 16.6 Å². The van der Waals surface area contributed by atoms with Crippen molar-refractivity contribution in [1.82, 2.24) is 9.88 Å². The molecule has 27 heavy (non-hydrogen) atoms. The molecule has 1 amide bonds. The molecule has 0 aliphatic rings. The van der Waals surface area contributed by atoms with Gasteiger partial charge in [0.05, 0.1) is 12.1 Å². The van der Waals surface area contributed by atoms with Crippen LogP contribution in [0, 0.1) is 0 Å². The van der Waals surface area contributed by atoms with Gasteiger partial charge in [0.25, 0.3) is 5.91 Å². The summed E-state index contributed by atoms with van der Waals surface area (Å²) >= 11 is 5.86. The maximum absolute atomic E-state index is 12.8. The second-order valence-corrected chi connectivity index (χ2v) is 6.59. The molecule has 0 radical (unpaired) electrons. The van der Waals surface area contributed by atoms with Gasteiger partial charge in [-0.25, -0.2) is 0 Å². The van der Waals surface area contributed by atoms with Crippen LogP contribution >= 0.6 is 11.6 Å². The van der Waals surface area contributed by atoms with Crippen LogP contribution in [0.5, 0.6) is 0 Å². The summed E-state index contributed by atoms with van der Waals surface area (Å²) in [5.41, 5.74) is 2.17. The van der Waals surface area contributed by atoms with Gasteiger partial charge in [0.15, 0.2) is 0 Å². The van der Waals surface area contributed by atoms with Gasteiger partial charge in [-0.1, -0.05) is 42.0 Å². The molecule has 0 spiro atoms. The van der Waals surface area contributed by atoms with E-state index in [9.17, 15) is 9.59 Å². The summed E-state index contributed by atoms with van der Waals surface area (Å²) in [5, 5.41) is 12.8. The van der Waals surface area contributed by atoms with Crippen molar-refractivity contribution in [2.45, 2.75) is 6.54 Å². The molecule has 0 saturated carbocycles. The van der Waals surface area contributed by atoms with Crippen LogP contribution in [0.25, 0.3) is 17.0 Å².